The lowest BCUT2D eigenvalue weighted by Gasteiger charge is -2.24. The number of nitrogens with one attached hydrogen (secondary N) is 2. The SMILES string of the molecule is CN(Cc1ccc2c(c1)ncn2C1CCCCO1)c1nccc(Nc2cc(C3CC3)[nH]n2)n1. The van der Waals surface area contributed by atoms with E-state index >= 15 is 0 Å². The van der Waals surface area contributed by atoms with Gasteiger partial charge in [-0.2, -0.15) is 10.1 Å². The zero-order valence-electron chi connectivity index (χ0n) is 18.7. The number of hydrogen-bond acceptors (Lipinski definition) is 7. The summed E-state index contributed by atoms with van der Waals surface area (Å²) >= 11 is 0. The van der Waals surface area contributed by atoms with Crippen LogP contribution in [0.1, 0.15) is 55.5 Å². The van der Waals surface area contributed by atoms with E-state index in [1.807, 2.05) is 24.3 Å². The van der Waals surface area contributed by atoms with Crippen LogP contribution in [0.2, 0.25) is 0 Å². The van der Waals surface area contributed by atoms with E-state index in [1.54, 1.807) is 6.20 Å². The first-order chi connectivity index (χ1) is 16.2. The molecule has 6 rings (SSSR count). The van der Waals surface area contributed by atoms with Gasteiger partial charge in [-0.05, 0) is 55.9 Å². The Bertz CT molecular complexity index is 1250. The predicted octanol–water partition coefficient (Wildman–Crippen LogP) is 4.51. The first-order valence-electron chi connectivity index (χ1n) is 11.7. The summed E-state index contributed by atoms with van der Waals surface area (Å²) in [5, 5.41) is 10.7. The van der Waals surface area contributed by atoms with Crippen molar-refractivity contribution in [2.75, 3.05) is 23.9 Å². The van der Waals surface area contributed by atoms with Crippen molar-refractivity contribution >= 4 is 28.6 Å². The molecule has 2 aliphatic rings. The van der Waals surface area contributed by atoms with E-state index in [9.17, 15) is 0 Å². The van der Waals surface area contributed by atoms with Gasteiger partial charge in [0.15, 0.2) is 5.82 Å². The van der Waals surface area contributed by atoms with Crippen molar-refractivity contribution in [1.29, 1.82) is 0 Å². The molecule has 4 heterocycles. The summed E-state index contributed by atoms with van der Waals surface area (Å²) in [6.45, 7) is 1.50. The molecule has 1 aliphatic heterocycles. The molecule has 9 heteroatoms. The van der Waals surface area contributed by atoms with E-state index in [4.69, 9.17) is 4.74 Å². The maximum Gasteiger partial charge on any atom is 0.227 e. The Morgan fingerprint density at radius 3 is 2.91 bits per heavy atom. The second-order valence-corrected chi connectivity index (χ2v) is 9.00. The highest BCUT2D eigenvalue weighted by atomic mass is 16.5. The van der Waals surface area contributed by atoms with Gasteiger partial charge in [0.2, 0.25) is 5.95 Å². The van der Waals surface area contributed by atoms with Crippen LogP contribution in [-0.2, 0) is 11.3 Å². The Morgan fingerprint density at radius 1 is 1.12 bits per heavy atom. The van der Waals surface area contributed by atoms with Crippen LogP contribution in [0.4, 0.5) is 17.6 Å². The van der Waals surface area contributed by atoms with Crippen LogP contribution in [0.3, 0.4) is 0 Å². The van der Waals surface area contributed by atoms with Crippen molar-refractivity contribution in [3.63, 3.8) is 0 Å². The number of H-pyrrole nitrogens is 1. The van der Waals surface area contributed by atoms with Crippen LogP contribution in [0.5, 0.6) is 0 Å². The summed E-state index contributed by atoms with van der Waals surface area (Å²) in [4.78, 5) is 15.8. The number of benzene rings is 1. The molecule has 2 fully saturated rings. The van der Waals surface area contributed by atoms with E-state index in [-0.39, 0.29) is 6.23 Å². The largest absolute Gasteiger partial charge is 0.358 e. The number of fused-ring (bicyclic) bond motifs is 1. The molecule has 1 saturated heterocycles. The molecule has 170 valence electrons. The molecule has 1 atom stereocenters. The summed E-state index contributed by atoms with van der Waals surface area (Å²) in [6, 6.07) is 10.3. The summed E-state index contributed by atoms with van der Waals surface area (Å²) < 4.78 is 8.10. The van der Waals surface area contributed by atoms with Crippen molar-refractivity contribution in [3.05, 3.63) is 54.1 Å². The third-order valence-electron chi connectivity index (χ3n) is 6.38. The van der Waals surface area contributed by atoms with Crippen molar-refractivity contribution in [1.82, 2.24) is 29.7 Å². The van der Waals surface area contributed by atoms with Gasteiger partial charge in [0, 0.05) is 44.1 Å². The van der Waals surface area contributed by atoms with Crippen molar-refractivity contribution in [2.24, 2.45) is 0 Å². The summed E-state index contributed by atoms with van der Waals surface area (Å²) in [5.74, 6) is 2.80. The molecule has 9 nitrogen and oxygen atoms in total. The average Bonchev–Trinajstić information content (AvgIpc) is 3.45. The number of nitrogens with zero attached hydrogens (tertiary/aromatic N) is 6. The maximum atomic E-state index is 5.94. The van der Waals surface area contributed by atoms with Crippen LogP contribution >= 0.6 is 0 Å². The van der Waals surface area contributed by atoms with Gasteiger partial charge >= 0.3 is 0 Å². The molecule has 0 radical (unpaired) electrons. The quantitative estimate of drug-likeness (QED) is 0.433. The Kier molecular flexibility index (Phi) is 5.18. The number of anilines is 3. The minimum absolute atomic E-state index is 0.0933. The number of aromatic amines is 1. The van der Waals surface area contributed by atoms with Crippen LogP contribution in [-0.4, -0.2) is 43.4 Å². The van der Waals surface area contributed by atoms with E-state index < -0.39 is 0 Å². The summed E-state index contributed by atoms with van der Waals surface area (Å²) in [7, 11) is 2.00. The van der Waals surface area contributed by atoms with Crippen LogP contribution in [0.15, 0.2) is 42.9 Å². The standard InChI is InChI=1S/C24H28N8O/c1-31(24-25-10-9-21(28-24)27-22-13-18(29-30-22)17-6-7-17)14-16-5-8-20-19(12-16)26-15-32(20)23-4-2-3-11-33-23/h5,8-10,12-13,15,17,23H,2-4,6-7,11,14H2,1H3,(H2,25,27,28,29,30). The molecule has 1 unspecified atom stereocenters. The third-order valence-corrected chi connectivity index (χ3v) is 6.38. The molecule has 0 spiro atoms. The zero-order chi connectivity index (χ0) is 22.2. The van der Waals surface area contributed by atoms with E-state index in [0.29, 0.717) is 18.4 Å². The second-order valence-electron chi connectivity index (χ2n) is 9.00. The zero-order valence-corrected chi connectivity index (χ0v) is 18.7. The fourth-order valence-electron chi connectivity index (χ4n) is 4.43. The third kappa shape index (κ3) is 4.28. The number of ether oxygens (including phenoxy) is 1. The Hall–Kier alpha value is -3.46. The Labute approximate surface area is 192 Å². The Morgan fingerprint density at radius 2 is 2.06 bits per heavy atom. The average molecular weight is 445 g/mol. The molecule has 1 aromatic carbocycles. The molecular weight excluding hydrogens is 416 g/mol. The maximum absolute atomic E-state index is 5.94. The number of rotatable bonds is 7. The predicted molar refractivity (Wildman–Crippen MR) is 127 cm³/mol. The highest BCUT2D eigenvalue weighted by Crippen LogP contribution is 2.39. The molecule has 2 N–H and O–H groups in total. The minimum Gasteiger partial charge on any atom is -0.358 e. The lowest BCUT2D eigenvalue weighted by molar-refractivity contribution is -0.0295. The van der Waals surface area contributed by atoms with Gasteiger partial charge in [0.1, 0.15) is 12.0 Å². The van der Waals surface area contributed by atoms with E-state index in [1.165, 1.54) is 25.0 Å². The number of imidazole rings is 1. The number of hydrogen-bond donors (Lipinski definition) is 2. The van der Waals surface area contributed by atoms with Crippen molar-refractivity contribution in [2.45, 2.75) is 50.8 Å². The first-order valence-corrected chi connectivity index (χ1v) is 11.7. The molecule has 3 aromatic heterocycles. The van der Waals surface area contributed by atoms with E-state index in [0.717, 1.165) is 47.7 Å². The van der Waals surface area contributed by atoms with Crippen molar-refractivity contribution < 1.29 is 4.74 Å². The lowest BCUT2D eigenvalue weighted by Crippen LogP contribution is -2.19. The summed E-state index contributed by atoms with van der Waals surface area (Å²) in [5.41, 5.74) is 4.44. The highest BCUT2D eigenvalue weighted by molar-refractivity contribution is 5.76. The highest BCUT2D eigenvalue weighted by Gasteiger charge is 2.25. The van der Waals surface area contributed by atoms with Crippen LogP contribution < -0.4 is 10.2 Å². The number of aromatic nitrogens is 6. The van der Waals surface area contributed by atoms with Crippen molar-refractivity contribution in [3.8, 4) is 0 Å². The monoisotopic (exact) mass is 444 g/mol. The van der Waals surface area contributed by atoms with Gasteiger partial charge < -0.3 is 19.5 Å². The molecular formula is C24H28N8O. The molecule has 4 aromatic rings. The molecule has 33 heavy (non-hydrogen) atoms. The topological polar surface area (TPSA) is 96.8 Å². The smallest absolute Gasteiger partial charge is 0.227 e. The first kappa shape index (κ1) is 20.2. The van der Waals surface area contributed by atoms with Gasteiger partial charge in [-0.15, -0.1) is 0 Å². The van der Waals surface area contributed by atoms with Gasteiger partial charge in [-0.1, -0.05) is 6.07 Å². The van der Waals surface area contributed by atoms with Gasteiger partial charge in [0.25, 0.3) is 0 Å². The van der Waals surface area contributed by atoms with Gasteiger partial charge in [0.05, 0.1) is 17.4 Å². The fourth-order valence-corrected chi connectivity index (χ4v) is 4.43. The molecule has 0 bridgehead atoms. The molecule has 1 aliphatic carbocycles. The minimum atomic E-state index is 0.0933. The Balaban J connectivity index is 1.15. The lowest BCUT2D eigenvalue weighted by atomic mass is 10.1. The van der Waals surface area contributed by atoms with Gasteiger partial charge in [-0.25, -0.2) is 9.97 Å². The van der Waals surface area contributed by atoms with Crippen LogP contribution in [0.25, 0.3) is 11.0 Å². The second kappa shape index (κ2) is 8.47. The normalized spacial score (nSPS) is 18.5. The molecule has 1 saturated carbocycles. The van der Waals surface area contributed by atoms with Gasteiger partial charge in [-0.3, -0.25) is 5.10 Å². The molecule has 0 amide bonds. The van der Waals surface area contributed by atoms with E-state index in [2.05, 4.69) is 59.3 Å². The van der Waals surface area contributed by atoms with Crippen LogP contribution in [0, 0.1) is 0 Å². The summed E-state index contributed by atoms with van der Waals surface area (Å²) in [6.07, 6.45) is 9.62. The fraction of sp³-hybridized carbons (Fsp3) is 0.417.